The molecule has 1 saturated carbocycles. The van der Waals surface area contributed by atoms with Gasteiger partial charge in [0.1, 0.15) is 11.8 Å². The summed E-state index contributed by atoms with van der Waals surface area (Å²) in [7, 11) is 0. The molecule has 6 atom stereocenters. The summed E-state index contributed by atoms with van der Waals surface area (Å²) in [6.45, 7) is 3.26. The maximum atomic E-state index is 13.6. The minimum absolute atomic E-state index is 0.00237. The summed E-state index contributed by atoms with van der Waals surface area (Å²) < 4.78 is 0. The standard InChI is InChI=1S/C29H35N3O6/c1-16-14-23(34)25(19-12-13-19)32-27(36)17(2)26(35)21(15-18-8-4-3-5-9-18)30-29(38)24(16)31-28(37)20-10-6-7-11-22(20)33/h3-11,16-17,19,21,24-26,33,35H,12-15H2,1-2H3,(H,30,38)(H,31,37)(H,32,36)/t16-,17+,21-,24-,25?,26-/m0/s1. The molecule has 1 saturated heterocycles. The van der Waals surface area contributed by atoms with E-state index in [2.05, 4.69) is 16.0 Å². The average Bonchev–Trinajstić information content (AvgIpc) is 3.74. The molecule has 38 heavy (non-hydrogen) atoms. The Morgan fingerprint density at radius 2 is 1.61 bits per heavy atom. The van der Waals surface area contributed by atoms with E-state index < -0.39 is 53.8 Å². The summed E-state index contributed by atoms with van der Waals surface area (Å²) in [5.41, 5.74) is 0.855. The number of aliphatic hydroxyl groups excluding tert-OH is 1. The minimum atomic E-state index is -1.25. The molecule has 1 aliphatic carbocycles. The van der Waals surface area contributed by atoms with E-state index in [1.165, 1.54) is 12.1 Å². The number of phenolic OH excluding ortho intramolecular Hbond substituents is 1. The summed E-state index contributed by atoms with van der Waals surface area (Å²) in [6.07, 6.45) is 0.587. The van der Waals surface area contributed by atoms with Crippen molar-refractivity contribution in [3.63, 3.8) is 0 Å². The number of ketones is 1. The second-order valence-corrected chi connectivity index (χ2v) is 10.5. The number of carbonyl (C=O) groups is 4. The lowest BCUT2D eigenvalue weighted by atomic mass is 9.87. The Bertz CT molecular complexity index is 1180. The molecule has 9 heteroatoms. The van der Waals surface area contributed by atoms with Crippen molar-refractivity contribution in [2.24, 2.45) is 17.8 Å². The van der Waals surface area contributed by atoms with Crippen molar-refractivity contribution in [1.29, 1.82) is 0 Å². The van der Waals surface area contributed by atoms with Crippen molar-refractivity contribution < 1.29 is 29.4 Å². The van der Waals surface area contributed by atoms with Gasteiger partial charge in [-0.25, -0.2) is 0 Å². The first kappa shape index (κ1) is 27.3. The van der Waals surface area contributed by atoms with Crippen molar-refractivity contribution in [3.8, 4) is 5.75 Å². The number of amides is 3. The molecule has 9 nitrogen and oxygen atoms in total. The molecule has 2 fully saturated rings. The van der Waals surface area contributed by atoms with Crippen molar-refractivity contribution in [2.75, 3.05) is 0 Å². The highest BCUT2D eigenvalue weighted by Gasteiger charge is 2.42. The number of nitrogens with one attached hydrogen (secondary N) is 3. The van der Waals surface area contributed by atoms with Gasteiger partial charge in [0, 0.05) is 6.42 Å². The lowest BCUT2D eigenvalue weighted by Gasteiger charge is -2.33. The first-order valence-electron chi connectivity index (χ1n) is 13.1. The van der Waals surface area contributed by atoms with Gasteiger partial charge in [0.15, 0.2) is 5.78 Å². The fourth-order valence-corrected chi connectivity index (χ4v) is 4.99. The lowest BCUT2D eigenvalue weighted by molar-refractivity contribution is -0.136. The second-order valence-electron chi connectivity index (χ2n) is 10.5. The first-order chi connectivity index (χ1) is 18.2. The number of para-hydroxylation sites is 1. The molecule has 0 spiro atoms. The lowest BCUT2D eigenvalue weighted by Crippen LogP contribution is -2.59. The fraction of sp³-hybridized carbons (Fsp3) is 0.448. The van der Waals surface area contributed by atoms with Gasteiger partial charge in [-0.2, -0.15) is 0 Å². The van der Waals surface area contributed by atoms with Crippen LogP contribution in [0, 0.1) is 17.8 Å². The molecule has 0 bridgehead atoms. The smallest absolute Gasteiger partial charge is 0.255 e. The van der Waals surface area contributed by atoms with E-state index in [0.29, 0.717) is 0 Å². The van der Waals surface area contributed by atoms with Crippen molar-refractivity contribution in [1.82, 2.24) is 16.0 Å². The number of aliphatic hydroxyl groups is 1. The van der Waals surface area contributed by atoms with E-state index in [-0.39, 0.29) is 35.9 Å². The van der Waals surface area contributed by atoms with Crippen LogP contribution in [0.1, 0.15) is 49.0 Å². The number of Topliss-reactive ketones (excluding diaryl/α,β-unsaturated/α-hetero) is 1. The van der Waals surface area contributed by atoms with Crippen LogP contribution >= 0.6 is 0 Å². The summed E-state index contributed by atoms with van der Waals surface area (Å²) in [4.78, 5) is 53.0. The van der Waals surface area contributed by atoms with E-state index in [4.69, 9.17) is 0 Å². The molecule has 2 aliphatic rings. The van der Waals surface area contributed by atoms with Crippen molar-refractivity contribution >= 4 is 23.5 Å². The number of carbonyl (C=O) groups excluding carboxylic acids is 4. The van der Waals surface area contributed by atoms with Crippen LogP contribution in [-0.4, -0.2) is 57.9 Å². The third-order valence-corrected chi connectivity index (χ3v) is 7.51. The fourth-order valence-electron chi connectivity index (χ4n) is 4.99. The minimum Gasteiger partial charge on any atom is -0.507 e. The van der Waals surface area contributed by atoms with Gasteiger partial charge in [0.2, 0.25) is 11.8 Å². The van der Waals surface area contributed by atoms with Crippen LogP contribution in [0.15, 0.2) is 54.6 Å². The van der Waals surface area contributed by atoms with Gasteiger partial charge in [-0.05, 0) is 48.8 Å². The molecule has 0 radical (unpaired) electrons. The van der Waals surface area contributed by atoms with Gasteiger partial charge < -0.3 is 26.2 Å². The molecule has 1 unspecified atom stereocenters. The Morgan fingerprint density at radius 3 is 2.26 bits per heavy atom. The van der Waals surface area contributed by atoms with Crippen molar-refractivity contribution in [2.45, 2.75) is 63.8 Å². The Balaban J connectivity index is 1.66. The van der Waals surface area contributed by atoms with E-state index >= 15 is 0 Å². The van der Waals surface area contributed by atoms with Gasteiger partial charge in [-0.3, -0.25) is 19.2 Å². The molecule has 2 aromatic rings. The highest BCUT2D eigenvalue weighted by atomic mass is 16.3. The maximum absolute atomic E-state index is 13.6. The molecule has 0 aromatic heterocycles. The summed E-state index contributed by atoms with van der Waals surface area (Å²) in [5, 5.41) is 29.8. The molecule has 202 valence electrons. The van der Waals surface area contributed by atoms with Gasteiger partial charge in [0.05, 0.1) is 29.7 Å². The molecule has 3 amide bonds. The second kappa shape index (κ2) is 11.8. The normalized spacial score (nSPS) is 28.9. The Morgan fingerprint density at radius 1 is 0.947 bits per heavy atom. The first-order valence-corrected chi connectivity index (χ1v) is 13.1. The van der Waals surface area contributed by atoms with E-state index in [1.807, 2.05) is 30.3 Å². The average molecular weight is 522 g/mol. The topological polar surface area (TPSA) is 145 Å². The Labute approximate surface area is 222 Å². The number of phenols is 1. The SMILES string of the molecule is C[C@H]1CC(=O)C(C2CC2)NC(=O)[C@H](C)[C@H](O)[C@H](Cc2ccccc2)NC(=O)[C@H]1NC(=O)c1ccccc1O. The predicted octanol–water partition coefficient (Wildman–Crippen LogP) is 1.72. The largest absolute Gasteiger partial charge is 0.507 e. The number of hydrogen-bond donors (Lipinski definition) is 5. The molecule has 5 N–H and O–H groups in total. The molecule has 2 aromatic carbocycles. The summed E-state index contributed by atoms with van der Waals surface area (Å²) in [5.74, 6) is -3.62. The third kappa shape index (κ3) is 6.39. The van der Waals surface area contributed by atoms with Crippen LogP contribution < -0.4 is 16.0 Å². The zero-order valence-corrected chi connectivity index (χ0v) is 21.6. The van der Waals surface area contributed by atoms with Gasteiger partial charge in [-0.1, -0.05) is 56.3 Å². The van der Waals surface area contributed by atoms with Gasteiger partial charge in [0.25, 0.3) is 5.91 Å². The highest BCUT2D eigenvalue weighted by Crippen LogP contribution is 2.34. The molecular weight excluding hydrogens is 486 g/mol. The van der Waals surface area contributed by atoms with E-state index in [0.717, 1.165) is 18.4 Å². The van der Waals surface area contributed by atoms with E-state index in [9.17, 15) is 29.4 Å². The van der Waals surface area contributed by atoms with Crippen LogP contribution in [0.25, 0.3) is 0 Å². The Kier molecular flexibility index (Phi) is 8.46. The van der Waals surface area contributed by atoms with Gasteiger partial charge >= 0.3 is 0 Å². The molecular formula is C29H35N3O6. The number of rotatable bonds is 5. The monoisotopic (exact) mass is 521 g/mol. The number of hydrogen-bond acceptors (Lipinski definition) is 6. The van der Waals surface area contributed by atoms with Crippen LogP contribution in [0.5, 0.6) is 5.75 Å². The molecule has 1 heterocycles. The molecule has 1 aliphatic heterocycles. The van der Waals surface area contributed by atoms with Crippen LogP contribution in [0.2, 0.25) is 0 Å². The predicted molar refractivity (Wildman–Crippen MR) is 140 cm³/mol. The Hall–Kier alpha value is -3.72. The quantitative estimate of drug-likeness (QED) is 0.405. The summed E-state index contributed by atoms with van der Waals surface area (Å²) in [6, 6.07) is 12.6. The van der Waals surface area contributed by atoms with Crippen LogP contribution in [0.4, 0.5) is 0 Å². The van der Waals surface area contributed by atoms with Crippen LogP contribution in [0.3, 0.4) is 0 Å². The van der Waals surface area contributed by atoms with Crippen LogP contribution in [-0.2, 0) is 20.8 Å². The number of benzene rings is 2. The highest BCUT2D eigenvalue weighted by molar-refractivity contribution is 6.00. The maximum Gasteiger partial charge on any atom is 0.255 e. The number of aromatic hydroxyl groups is 1. The summed E-state index contributed by atoms with van der Waals surface area (Å²) >= 11 is 0. The van der Waals surface area contributed by atoms with Crippen molar-refractivity contribution in [3.05, 3.63) is 65.7 Å². The molecule has 4 rings (SSSR count). The zero-order chi connectivity index (χ0) is 27.4. The van der Waals surface area contributed by atoms with Gasteiger partial charge in [-0.15, -0.1) is 0 Å². The zero-order valence-electron chi connectivity index (χ0n) is 21.6. The van der Waals surface area contributed by atoms with E-state index in [1.54, 1.807) is 26.0 Å². The third-order valence-electron chi connectivity index (χ3n) is 7.51.